The number of hydrogen-bond acceptors (Lipinski definition) is 4. The number of rotatable bonds is 5. The normalized spacial score (nSPS) is 11.0. The second-order valence-electron chi connectivity index (χ2n) is 6.62. The van der Waals surface area contributed by atoms with Crippen LogP contribution in [0.1, 0.15) is 11.3 Å². The first-order valence-corrected chi connectivity index (χ1v) is 9.05. The molecule has 0 radical (unpaired) electrons. The molecule has 0 aliphatic rings. The summed E-state index contributed by atoms with van der Waals surface area (Å²) in [7, 11) is 0. The number of nitrogens with one attached hydrogen (secondary N) is 1. The lowest BCUT2D eigenvalue weighted by Gasteiger charge is -2.05. The number of amides is 1. The number of aryl methyl sites for hydroxylation is 1. The van der Waals surface area contributed by atoms with Crippen LogP contribution < -0.4 is 11.0 Å². The third-order valence-electron chi connectivity index (χ3n) is 4.42. The maximum absolute atomic E-state index is 13.0. The van der Waals surface area contributed by atoms with Crippen molar-refractivity contribution in [2.45, 2.75) is 20.0 Å². The molecule has 0 saturated heterocycles. The molecule has 2 aromatic heterocycles. The van der Waals surface area contributed by atoms with Gasteiger partial charge in [0.1, 0.15) is 18.2 Å². The van der Waals surface area contributed by atoms with Crippen molar-refractivity contribution in [3.05, 3.63) is 88.2 Å². The number of nitrogens with zero attached hydrogens (tertiary/aromatic N) is 4. The van der Waals surface area contributed by atoms with Crippen molar-refractivity contribution >= 4 is 11.6 Å². The van der Waals surface area contributed by atoms with Crippen molar-refractivity contribution in [2.24, 2.45) is 0 Å². The summed E-state index contributed by atoms with van der Waals surface area (Å²) in [6.07, 6.45) is 0. The van der Waals surface area contributed by atoms with Gasteiger partial charge in [0, 0.05) is 23.9 Å². The molecule has 4 aromatic rings. The summed E-state index contributed by atoms with van der Waals surface area (Å²) in [6.45, 7) is 1.83. The fourth-order valence-electron chi connectivity index (χ4n) is 3.03. The smallest absolute Gasteiger partial charge is 0.350 e. The van der Waals surface area contributed by atoms with Crippen LogP contribution in [-0.2, 0) is 17.9 Å². The maximum Gasteiger partial charge on any atom is 0.352 e. The molecule has 2 aromatic carbocycles. The van der Waals surface area contributed by atoms with Gasteiger partial charge in [-0.25, -0.2) is 23.3 Å². The second-order valence-corrected chi connectivity index (χ2v) is 6.62. The minimum Gasteiger partial charge on any atom is -0.350 e. The number of halogens is 1. The van der Waals surface area contributed by atoms with E-state index in [0.29, 0.717) is 17.2 Å². The predicted octanol–water partition coefficient (Wildman–Crippen LogP) is 2.32. The van der Waals surface area contributed by atoms with Crippen LogP contribution in [0.15, 0.2) is 65.5 Å². The summed E-state index contributed by atoms with van der Waals surface area (Å²) < 4.78 is 15.5. The Bertz CT molecular complexity index is 1230. The highest BCUT2D eigenvalue weighted by Gasteiger charge is 2.16. The molecule has 0 atom stereocenters. The topological polar surface area (TPSA) is 81.3 Å². The number of carbonyl (C=O) groups excluding carboxylic acids is 1. The van der Waals surface area contributed by atoms with Crippen LogP contribution in [0.3, 0.4) is 0 Å². The highest BCUT2D eigenvalue weighted by molar-refractivity contribution is 5.75. The number of hydrogen-bond donors (Lipinski definition) is 1. The summed E-state index contributed by atoms with van der Waals surface area (Å²) in [5, 5.41) is 6.99. The maximum atomic E-state index is 13.0. The van der Waals surface area contributed by atoms with E-state index in [-0.39, 0.29) is 24.8 Å². The molecule has 0 bridgehead atoms. The average Bonchev–Trinajstić information content (AvgIpc) is 3.02. The Morgan fingerprint density at radius 2 is 1.83 bits per heavy atom. The van der Waals surface area contributed by atoms with Crippen molar-refractivity contribution in [3.8, 4) is 11.4 Å². The molecule has 1 amide bonds. The lowest BCUT2D eigenvalue weighted by Crippen LogP contribution is -2.32. The zero-order valence-corrected chi connectivity index (χ0v) is 15.7. The SMILES string of the molecule is Cc1cc2nn(CC(=O)NCc3ccc(F)cc3)c(=O)n2c(-c2ccccc2)n1. The molecule has 0 unspecified atom stereocenters. The van der Waals surface area contributed by atoms with Gasteiger partial charge in [0.15, 0.2) is 5.65 Å². The molecule has 0 aliphatic heterocycles. The van der Waals surface area contributed by atoms with Crippen LogP contribution in [-0.4, -0.2) is 25.1 Å². The third-order valence-corrected chi connectivity index (χ3v) is 4.42. The van der Waals surface area contributed by atoms with Crippen molar-refractivity contribution in [1.29, 1.82) is 0 Å². The largest absolute Gasteiger partial charge is 0.352 e. The van der Waals surface area contributed by atoms with Gasteiger partial charge >= 0.3 is 5.69 Å². The van der Waals surface area contributed by atoms with Crippen molar-refractivity contribution in [1.82, 2.24) is 24.5 Å². The molecule has 2 heterocycles. The molecule has 8 heteroatoms. The fraction of sp³-hybridized carbons (Fsp3) is 0.143. The van der Waals surface area contributed by atoms with E-state index in [9.17, 15) is 14.0 Å². The van der Waals surface area contributed by atoms with Gasteiger partial charge in [-0.1, -0.05) is 42.5 Å². The van der Waals surface area contributed by atoms with Gasteiger partial charge in [0.25, 0.3) is 0 Å². The third kappa shape index (κ3) is 3.91. The monoisotopic (exact) mass is 391 g/mol. The summed E-state index contributed by atoms with van der Waals surface area (Å²) in [5.41, 5.74) is 2.24. The molecule has 4 rings (SSSR count). The van der Waals surface area contributed by atoms with Gasteiger partial charge in [-0.15, -0.1) is 5.10 Å². The lowest BCUT2D eigenvalue weighted by molar-refractivity contribution is -0.122. The number of fused-ring (bicyclic) bond motifs is 1. The molecule has 7 nitrogen and oxygen atoms in total. The molecule has 1 N–H and O–H groups in total. The van der Waals surface area contributed by atoms with Gasteiger partial charge in [0.05, 0.1) is 0 Å². The zero-order chi connectivity index (χ0) is 20.4. The van der Waals surface area contributed by atoms with Crippen LogP contribution in [0.25, 0.3) is 17.0 Å². The van der Waals surface area contributed by atoms with E-state index in [1.807, 2.05) is 37.3 Å². The van der Waals surface area contributed by atoms with E-state index >= 15 is 0 Å². The van der Waals surface area contributed by atoms with Gasteiger partial charge in [-0.05, 0) is 24.6 Å². The Labute approximate surface area is 165 Å². The zero-order valence-electron chi connectivity index (χ0n) is 15.7. The van der Waals surface area contributed by atoms with Crippen LogP contribution >= 0.6 is 0 Å². The van der Waals surface area contributed by atoms with E-state index in [2.05, 4.69) is 15.4 Å². The Balaban J connectivity index is 1.60. The first kappa shape index (κ1) is 18.5. The highest BCUT2D eigenvalue weighted by atomic mass is 19.1. The van der Waals surface area contributed by atoms with Crippen LogP contribution in [0.4, 0.5) is 4.39 Å². The average molecular weight is 391 g/mol. The summed E-state index contributed by atoms with van der Waals surface area (Å²) >= 11 is 0. The lowest BCUT2D eigenvalue weighted by atomic mass is 10.2. The molecule has 0 fully saturated rings. The summed E-state index contributed by atoms with van der Waals surface area (Å²) in [6, 6.07) is 16.9. The van der Waals surface area contributed by atoms with E-state index in [1.165, 1.54) is 16.5 Å². The first-order chi connectivity index (χ1) is 14.0. The van der Waals surface area contributed by atoms with Crippen LogP contribution in [0.2, 0.25) is 0 Å². The summed E-state index contributed by atoms with van der Waals surface area (Å²) in [4.78, 5) is 29.7. The van der Waals surface area contributed by atoms with Gasteiger partial charge in [0.2, 0.25) is 5.91 Å². The van der Waals surface area contributed by atoms with E-state index in [0.717, 1.165) is 15.8 Å². The Kier molecular flexibility index (Phi) is 4.90. The van der Waals surface area contributed by atoms with Gasteiger partial charge < -0.3 is 5.32 Å². The first-order valence-electron chi connectivity index (χ1n) is 9.05. The van der Waals surface area contributed by atoms with E-state index in [1.54, 1.807) is 18.2 Å². The Morgan fingerprint density at radius 3 is 2.55 bits per heavy atom. The standard InChI is InChI=1S/C21H18FN5O2/c1-14-11-18-25-26(13-19(28)23-12-15-7-9-17(22)10-8-15)21(29)27(18)20(24-14)16-5-3-2-4-6-16/h2-11H,12-13H2,1H3,(H,23,28). The van der Waals surface area contributed by atoms with Gasteiger partial charge in [-0.3, -0.25) is 4.79 Å². The Morgan fingerprint density at radius 1 is 1.10 bits per heavy atom. The minimum absolute atomic E-state index is 0.227. The molecule has 146 valence electrons. The van der Waals surface area contributed by atoms with Crippen molar-refractivity contribution in [3.63, 3.8) is 0 Å². The van der Waals surface area contributed by atoms with Gasteiger partial charge in [-0.2, -0.15) is 0 Å². The Hall–Kier alpha value is -3.81. The molecule has 0 aliphatic carbocycles. The predicted molar refractivity (Wildman–Crippen MR) is 106 cm³/mol. The quantitative estimate of drug-likeness (QED) is 0.566. The highest BCUT2D eigenvalue weighted by Crippen LogP contribution is 2.17. The molecule has 29 heavy (non-hydrogen) atoms. The minimum atomic E-state index is -0.441. The van der Waals surface area contributed by atoms with Crippen LogP contribution in [0, 0.1) is 12.7 Å². The van der Waals surface area contributed by atoms with E-state index < -0.39 is 5.69 Å². The van der Waals surface area contributed by atoms with E-state index in [4.69, 9.17) is 0 Å². The molecule has 0 spiro atoms. The number of aromatic nitrogens is 4. The van der Waals surface area contributed by atoms with Crippen molar-refractivity contribution < 1.29 is 9.18 Å². The fourth-order valence-corrected chi connectivity index (χ4v) is 3.03. The number of carbonyl (C=O) groups is 1. The van der Waals surface area contributed by atoms with Crippen LogP contribution in [0.5, 0.6) is 0 Å². The number of benzene rings is 2. The van der Waals surface area contributed by atoms with Crippen molar-refractivity contribution in [2.75, 3.05) is 0 Å². The molecule has 0 saturated carbocycles. The second kappa shape index (κ2) is 7.67. The summed E-state index contributed by atoms with van der Waals surface area (Å²) in [5.74, 6) is -0.233. The molecular formula is C21H18FN5O2. The molecular weight excluding hydrogens is 373 g/mol.